The highest BCUT2D eigenvalue weighted by Gasteiger charge is 2.48. The van der Waals surface area contributed by atoms with Crippen LogP contribution < -0.4 is 4.18 Å². The van der Waals surface area contributed by atoms with E-state index in [0.717, 1.165) is 18.2 Å². The van der Waals surface area contributed by atoms with Crippen LogP contribution in [0.4, 0.5) is 39.5 Å². The monoisotopic (exact) mass is 540 g/mol. The SMILES string of the molecule is CC(C)c1cc(O)ccc1C(F)(F)F.CC(C)c1cc(OS(=O)(=O)C(F)(F)F)ccc1C(F)(F)F. The van der Waals surface area contributed by atoms with Crippen LogP contribution in [0.5, 0.6) is 11.5 Å². The van der Waals surface area contributed by atoms with E-state index in [1.165, 1.54) is 13.8 Å². The number of hydrogen-bond donors (Lipinski definition) is 1. The van der Waals surface area contributed by atoms with Crippen molar-refractivity contribution in [1.82, 2.24) is 0 Å². The van der Waals surface area contributed by atoms with Crippen LogP contribution in [0, 0.1) is 0 Å². The standard InChI is InChI=1S/C11H10F6O3S.C10H11F3O/c1-6(2)8-5-7(3-4-9(8)10(12,13)14)20-21(18,19)11(15,16)17;1-6(2)8-5-7(14)3-4-9(8)10(11,12)13/h3-6H,1-2H3;3-6,14H,1-2H3. The number of halogens is 9. The van der Waals surface area contributed by atoms with Gasteiger partial charge in [0.2, 0.25) is 0 Å². The molecule has 0 aliphatic heterocycles. The number of benzene rings is 2. The zero-order valence-corrected chi connectivity index (χ0v) is 19.4. The zero-order chi connectivity index (χ0) is 27.6. The van der Waals surface area contributed by atoms with Crippen LogP contribution in [0.3, 0.4) is 0 Å². The molecule has 1 N–H and O–H groups in total. The fourth-order valence-electron chi connectivity index (χ4n) is 2.79. The van der Waals surface area contributed by atoms with Gasteiger partial charge in [0.15, 0.2) is 0 Å². The van der Waals surface area contributed by atoms with Crippen LogP contribution in [-0.4, -0.2) is 19.0 Å². The molecule has 0 atom stereocenters. The van der Waals surface area contributed by atoms with Crippen molar-refractivity contribution in [2.45, 2.75) is 57.4 Å². The summed E-state index contributed by atoms with van der Waals surface area (Å²) in [6.07, 6.45) is -9.06. The molecule has 0 amide bonds. The molecule has 0 aromatic heterocycles. The van der Waals surface area contributed by atoms with Crippen molar-refractivity contribution in [3.63, 3.8) is 0 Å². The first-order valence-electron chi connectivity index (χ1n) is 9.70. The summed E-state index contributed by atoms with van der Waals surface area (Å²) >= 11 is 0. The second-order valence-corrected chi connectivity index (χ2v) is 9.35. The number of aromatic hydroxyl groups is 1. The van der Waals surface area contributed by atoms with E-state index in [4.69, 9.17) is 5.11 Å². The Morgan fingerprint density at radius 1 is 0.714 bits per heavy atom. The Kier molecular flexibility index (Phi) is 9.15. The summed E-state index contributed by atoms with van der Waals surface area (Å²) in [7, 11) is -5.92. The summed E-state index contributed by atoms with van der Waals surface area (Å²) in [5.41, 5.74) is -7.64. The molecule has 2 aromatic rings. The Morgan fingerprint density at radius 3 is 1.49 bits per heavy atom. The van der Waals surface area contributed by atoms with Crippen LogP contribution in [0.2, 0.25) is 0 Å². The highest BCUT2D eigenvalue weighted by Crippen LogP contribution is 2.38. The number of phenols is 1. The van der Waals surface area contributed by atoms with Crippen molar-refractivity contribution < 1.29 is 57.2 Å². The number of hydrogen-bond acceptors (Lipinski definition) is 4. The van der Waals surface area contributed by atoms with Gasteiger partial charge in [-0.05, 0) is 59.4 Å². The fraction of sp³-hybridized carbons (Fsp3) is 0.429. The van der Waals surface area contributed by atoms with E-state index in [9.17, 15) is 47.9 Å². The zero-order valence-electron chi connectivity index (χ0n) is 18.6. The highest BCUT2D eigenvalue weighted by molar-refractivity contribution is 7.88. The van der Waals surface area contributed by atoms with E-state index >= 15 is 0 Å². The van der Waals surface area contributed by atoms with Crippen molar-refractivity contribution in [3.8, 4) is 11.5 Å². The molecule has 2 aromatic carbocycles. The highest BCUT2D eigenvalue weighted by atomic mass is 32.2. The number of alkyl halides is 9. The molecular weight excluding hydrogens is 519 g/mol. The Bertz CT molecular complexity index is 1120. The molecule has 0 saturated heterocycles. The maximum Gasteiger partial charge on any atom is 0.534 e. The van der Waals surface area contributed by atoms with Crippen molar-refractivity contribution in [3.05, 3.63) is 58.7 Å². The first kappa shape index (κ1) is 30.4. The molecule has 0 aliphatic carbocycles. The predicted molar refractivity (Wildman–Crippen MR) is 108 cm³/mol. The minimum Gasteiger partial charge on any atom is -0.508 e. The van der Waals surface area contributed by atoms with Gasteiger partial charge in [-0.2, -0.15) is 47.9 Å². The van der Waals surface area contributed by atoms with Crippen molar-refractivity contribution >= 4 is 10.1 Å². The second-order valence-electron chi connectivity index (χ2n) is 7.81. The normalized spacial score (nSPS) is 13.0. The second kappa shape index (κ2) is 10.5. The van der Waals surface area contributed by atoms with Crippen LogP contribution in [-0.2, 0) is 22.5 Å². The fourth-order valence-corrected chi connectivity index (χ4v) is 3.24. The largest absolute Gasteiger partial charge is 0.534 e. The smallest absolute Gasteiger partial charge is 0.508 e. The third kappa shape index (κ3) is 8.22. The summed E-state index contributed by atoms with van der Waals surface area (Å²) in [4.78, 5) is 0. The van der Waals surface area contributed by atoms with Gasteiger partial charge in [0, 0.05) is 0 Å². The lowest BCUT2D eigenvalue weighted by atomic mass is 9.96. The molecule has 14 heteroatoms. The molecule has 0 heterocycles. The van der Waals surface area contributed by atoms with E-state index < -0.39 is 50.8 Å². The Balaban J connectivity index is 0.000000379. The minimum absolute atomic E-state index is 0.123. The lowest BCUT2D eigenvalue weighted by molar-refractivity contribution is -0.139. The van der Waals surface area contributed by atoms with Gasteiger partial charge < -0.3 is 9.29 Å². The molecule has 4 nitrogen and oxygen atoms in total. The number of phenolic OH excluding ortho intramolecular Hbond substituents is 1. The van der Waals surface area contributed by atoms with Crippen LogP contribution in [0.1, 0.15) is 61.8 Å². The quantitative estimate of drug-likeness (QED) is 0.247. The summed E-state index contributed by atoms with van der Waals surface area (Å²) in [6, 6.07) is 4.76. The molecule has 0 fully saturated rings. The van der Waals surface area contributed by atoms with Gasteiger partial charge >= 0.3 is 28.0 Å². The van der Waals surface area contributed by atoms with Gasteiger partial charge in [-0.1, -0.05) is 27.7 Å². The summed E-state index contributed by atoms with van der Waals surface area (Å²) in [5.74, 6) is -1.93. The molecule has 0 unspecified atom stereocenters. The average molecular weight is 540 g/mol. The molecule has 0 aliphatic rings. The lowest BCUT2D eigenvalue weighted by Gasteiger charge is -2.17. The minimum atomic E-state index is -5.92. The topological polar surface area (TPSA) is 63.6 Å². The predicted octanol–water partition coefficient (Wildman–Crippen LogP) is 7.59. The summed E-state index contributed by atoms with van der Waals surface area (Å²) in [5, 5.41) is 9.08. The Labute approximate surface area is 195 Å². The van der Waals surface area contributed by atoms with E-state index in [0.29, 0.717) is 18.2 Å². The third-order valence-corrected chi connectivity index (χ3v) is 5.38. The maximum atomic E-state index is 12.7. The van der Waals surface area contributed by atoms with Gasteiger partial charge in [-0.3, -0.25) is 0 Å². The van der Waals surface area contributed by atoms with E-state index in [2.05, 4.69) is 4.18 Å². The van der Waals surface area contributed by atoms with Gasteiger partial charge in [-0.25, -0.2) is 0 Å². The molecule has 2 rings (SSSR count). The number of rotatable bonds is 4. The first-order valence-corrected chi connectivity index (χ1v) is 11.1. The average Bonchev–Trinajstić information content (AvgIpc) is 2.65. The molecule has 0 bridgehead atoms. The summed E-state index contributed by atoms with van der Waals surface area (Å²) in [6.45, 7) is 6.08. The molecule has 0 saturated carbocycles. The molecule has 198 valence electrons. The molecular formula is C21H21F9O4S. The van der Waals surface area contributed by atoms with Crippen LogP contribution >= 0.6 is 0 Å². The van der Waals surface area contributed by atoms with E-state index in [1.54, 1.807) is 13.8 Å². The lowest BCUT2D eigenvalue weighted by Crippen LogP contribution is -2.28. The first-order chi connectivity index (χ1) is 15.6. The Hall–Kier alpha value is -2.64. The van der Waals surface area contributed by atoms with Gasteiger partial charge in [0.05, 0.1) is 11.1 Å². The van der Waals surface area contributed by atoms with E-state index in [-0.39, 0.29) is 22.8 Å². The van der Waals surface area contributed by atoms with Gasteiger partial charge in [0.25, 0.3) is 0 Å². The van der Waals surface area contributed by atoms with E-state index in [1.807, 2.05) is 0 Å². The molecule has 35 heavy (non-hydrogen) atoms. The van der Waals surface area contributed by atoms with Crippen LogP contribution in [0.15, 0.2) is 36.4 Å². The molecule has 0 spiro atoms. The Morgan fingerprint density at radius 2 is 1.11 bits per heavy atom. The maximum absolute atomic E-state index is 12.7. The molecule has 0 radical (unpaired) electrons. The third-order valence-electron chi connectivity index (χ3n) is 4.40. The summed E-state index contributed by atoms with van der Waals surface area (Å²) < 4.78 is 137. The van der Waals surface area contributed by atoms with Crippen molar-refractivity contribution in [1.29, 1.82) is 0 Å². The van der Waals surface area contributed by atoms with Crippen molar-refractivity contribution in [2.75, 3.05) is 0 Å². The van der Waals surface area contributed by atoms with Crippen LogP contribution in [0.25, 0.3) is 0 Å². The van der Waals surface area contributed by atoms with Gasteiger partial charge in [0.1, 0.15) is 11.5 Å². The van der Waals surface area contributed by atoms with Crippen molar-refractivity contribution in [2.24, 2.45) is 0 Å². The van der Waals surface area contributed by atoms with Gasteiger partial charge in [-0.15, -0.1) is 0 Å².